The molecule has 31 heavy (non-hydrogen) atoms. The summed E-state index contributed by atoms with van der Waals surface area (Å²) in [6.45, 7) is 11.4. The lowest BCUT2D eigenvalue weighted by atomic mass is 9.94. The third-order valence-electron chi connectivity index (χ3n) is 6.20. The molecule has 3 atom stereocenters. The summed E-state index contributed by atoms with van der Waals surface area (Å²) < 4.78 is 9.06. The van der Waals surface area contributed by atoms with Gasteiger partial charge in [0.1, 0.15) is 11.5 Å². The summed E-state index contributed by atoms with van der Waals surface area (Å²) in [5.41, 5.74) is 0.712. The van der Waals surface area contributed by atoms with Gasteiger partial charge in [-0.25, -0.2) is 4.98 Å². The fraction of sp³-hybridized carbons (Fsp3) is 0.565. The van der Waals surface area contributed by atoms with Crippen molar-refractivity contribution in [2.24, 2.45) is 5.92 Å². The lowest BCUT2D eigenvalue weighted by molar-refractivity contribution is -0.0915. The minimum absolute atomic E-state index is 0.147. The molecule has 1 aliphatic rings. The van der Waals surface area contributed by atoms with Crippen molar-refractivity contribution in [2.75, 3.05) is 6.61 Å². The first-order valence-electron chi connectivity index (χ1n) is 11.0. The Morgan fingerprint density at radius 1 is 1.32 bits per heavy atom. The van der Waals surface area contributed by atoms with Crippen molar-refractivity contribution in [2.45, 2.75) is 71.7 Å². The van der Waals surface area contributed by atoms with E-state index in [-0.39, 0.29) is 18.0 Å². The number of hydrogen-bond donors (Lipinski definition) is 1. The van der Waals surface area contributed by atoms with Crippen molar-refractivity contribution in [1.29, 1.82) is 0 Å². The van der Waals surface area contributed by atoms with Crippen molar-refractivity contribution in [3.05, 3.63) is 45.0 Å². The first-order valence-corrected chi connectivity index (χ1v) is 12.6. The van der Waals surface area contributed by atoms with E-state index < -0.39 is 5.72 Å². The molecule has 168 valence electrons. The van der Waals surface area contributed by atoms with Crippen molar-refractivity contribution in [3.8, 4) is 5.88 Å². The van der Waals surface area contributed by atoms with Crippen molar-refractivity contribution < 1.29 is 9.84 Å². The molecule has 2 aromatic heterocycles. The number of hydrogen-bond acceptors (Lipinski definition) is 6. The maximum Gasteiger partial charge on any atom is 0.230 e. The van der Waals surface area contributed by atoms with E-state index >= 15 is 0 Å². The second kappa shape index (κ2) is 8.81. The van der Waals surface area contributed by atoms with Gasteiger partial charge in [0, 0.05) is 10.5 Å². The first kappa shape index (κ1) is 22.7. The van der Waals surface area contributed by atoms with E-state index in [1.165, 1.54) is 11.3 Å². The fourth-order valence-electron chi connectivity index (χ4n) is 4.48. The third kappa shape index (κ3) is 4.27. The molecule has 1 N–H and O–H groups in total. The Balaban J connectivity index is 1.86. The summed E-state index contributed by atoms with van der Waals surface area (Å²) in [7, 11) is 0. The number of aromatic nitrogens is 3. The zero-order valence-corrected chi connectivity index (χ0v) is 21.2. The Kier molecular flexibility index (Phi) is 6.45. The maximum atomic E-state index is 11.2. The fourth-order valence-corrected chi connectivity index (χ4v) is 5.87. The molecule has 8 heteroatoms. The third-order valence-corrected chi connectivity index (χ3v) is 7.80. The first-order chi connectivity index (χ1) is 14.7. The number of nitrogens with zero attached hydrogens (tertiary/aromatic N) is 4. The predicted molar refractivity (Wildman–Crippen MR) is 128 cm³/mol. The van der Waals surface area contributed by atoms with E-state index in [9.17, 15) is 5.11 Å². The highest BCUT2D eigenvalue weighted by Gasteiger charge is 2.48. The molecular formula is C23H31BrN4O2S. The van der Waals surface area contributed by atoms with E-state index in [2.05, 4.69) is 82.9 Å². The number of benzene rings is 1. The molecule has 4 rings (SSSR count). The highest BCUT2D eigenvalue weighted by atomic mass is 79.9. The van der Waals surface area contributed by atoms with Crippen molar-refractivity contribution in [1.82, 2.24) is 19.5 Å². The van der Waals surface area contributed by atoms with Gasteiger partial charge in [-0.05, 0) is 56.7 Å². The van der Waals surface area contributed by atoms with Gasteiger partial charge < -0.3 is 9.84 Å². The quantitative estimate of drug-likeness (QED) is 0.430. The molecule has 6 nitrogen and oxygen atoms in total. The molecule has 0 spiro atoms. The van der Waals surface area contributed by atoms with E-state index in [0.717, 1.165) is 34.2 Å². The van der Waals surface area contributed by atoms with Crippen LogP contribution in [0.5, 0.6) is 5.88 Å². The zero-order chi connectivity index (χ0) is 22.3. The normalized spacial score (nSPS) is 23.3. The second-order valence-electron chi connectivity index (χ2n) is 8.99. The topological polar surface area (TPSA) is 62.9 Å². The zero-order valence-electron chi connectivity index (χ0n) is 18.8. The molecule has 1 aromatic carbocycles. The van der Waals surface area contributed by atoms with E-state index in [0.29, 0.717) is 23.3 Å². The average Bonchev–Trinajstić information content (AvgIpc) is 3.35. The van der Waals surface area contributed by atoms with E-state index in [4.69, 9.17) is 4.74 Å². The Morgan fingerprint density at radius 2 is 2.03 bits per heavy atom. The lowest BCUT2D eigenvalue weighted by Gasteiger charge is -2.42. The van der Waals surface area contributed by atoms with Crippen LogP contribution in [0.15, 0.2) is 28.7 Å². The van der Waals surface area contributed by atoms with Gasteiger partial charge in [-0.15, -0.1) is 5.10 Å². The molecule has 0 radical (unpaired) electrons. The largest absolute Gasteiger partial charge is 0.492 e. The van der Waals surface area contributed by atoms with E-state index in [1.54, 1.807) is 4.52 Å². The van der Waals surface area contributed by atoms with Gasteiger partial charge in [-0.2, -0.15) is 4.52 Å². The molecule has 0 bridgehead atoms. The van der Waals surface area contributed by atoms with Crippen LogP contribution in [0.25, 0.3) is 4.96 Å². The summed E-state index contributed by atoms with van der Waals surface area (Å²) in [5.74, 6) is 1.42. The van der Waals surface area contributed by atoms with Gasteiger partial charge >= 0.3 is 0 Å². The smallest absolute Gasteiger partial charge is 0.230 e. The highest BCUT2D eigenvalue weighted by molar-refractivity contribution is 9.10. The van der Waals surface area contributed by atoms with Crippen LogP contribution in [0, 0.1) is 12.8 Å². The summed E-state index contributed by atoms with van der Waals surface area (Å²) in [4.78, 5) is 8.55. The Labute approximate surface area is 196 Å². The number of aromatic hydroxyl groups is 1. The molecule has 0 aliphatic carbocycles. The van der Waals surface area contributed by atoms with Crippen molar-refractivity contribution in [3.63, 3.8) is 0 Å². The molecule has 0 saturated carbocycles. The summed E-state index contributed by atoms with van der Waals surface area (Å²) in [6.07, 6.45) is 3.00. The molecular weight excluding hydrogens is 476 g/mol. The lowest BCUT2D eigenvalue weighted by Crippen LogP contribution is -2.48. The molecule has 3 heterocycles. The van der Waals surface area contributed by atoms with Crippen molar-refractivity contribution >= 4 is 32.2 Å². The van der Waals surface area contributed by atoms with Gasteiger partial charge in [-0.3, -0.25) is 4.90 Å². The summed E-state index contributed by atoms with van der Waals surface area (Å²) in [6, 6.07) is 8.49. The molecule has 1 fully saturated rings. The average molecular weight is 507 g/mol. The van der Waals surface area contributed by atoms with Crippen LogP contribution < -0.4 is 0 Å². The number of thiazole rings is 1. The van der Waals surface area contributed by atoms with E-state index in [1.807, 2.05) is 6.92 Å². The SMILES string of the molecule is CCC1COC(C)(CCC(C)C)N1C(c1ccc(Br)cc1)c1sc2nc(C)nn2c1O. The maximum absolute atomic E-state index is 11.2. The van der Waals surface area contributed by atoms with Crippen LogP contribution in [-0.4, -0.2) is 43.0 Å². The van der Waals surface area contributed by atoms with Gasteiger partial charge in [-0.1, -0.05) is 60.2 Å². The molecule has 1 aliphatic heterocycles. The van der Waals surface area contributed by atoms with Crippen LogP contribution in [0.2, 0.25) is 0 Å². The monoisotopic (exact) mass is 506 g/mol. The molecule has 1 saturated heterocycles. The number of fused-ring (bicyclic) bond motifs is 1. The van der Waals surface area contributed by atoms with Gasteiger partial charge in [0.2, 0.25) is 10.8 Å². The Hall–Kier alpha value is -1.48. The van der Waals surface area contributed by atoms with Crippen LogP contribution in [-0.2, 0) is 4.74 Å². The van der Waals surface area contributed by atoms with Crippen LogP contribution >= 0.6 is 27.3 Å². The molecule has 3 aromatic rings. The Morgan fingerprint density at radius 3 is 2.65 bits per heavy atom. The summed E-state index contributed by atoms with van der Waals surface area (Å²) >= 11 is 5.07. The number of rotatable bonds is 7. The Bertz CT molecular complexity index is 1050. The standard InChI is InChI=1S/C23H31BrN4O2S/c1-6-18-13-30-23(5,12-11-14(2)3)27(18)19(16-7-9-17(24)10-8-16)20-21(29)28-22(31-20)25-15(4)26-28/h7-10,14,18-19,29H,6,11-13H2,1-5H3. The van der Waals surface area contributed by atoms with Crippen LogP contribution in [0.4, 0.5) is 0 Å². The summed E-state index contributed by atoms with van der Waals surface area (Å²) in [5, 5.41) is 15.6. The second-order valence-corrected chi connectivity index (χ2v) is 10.9. The number of ether oxygens (including phenoxy) is 1. The molecule has 0 amide bonds. The van der Waals surface area contributed by atoms with Gasteiger partial charge in [0.15, 0.2) is 0 Å². The van der Waals surface area contributed by atoms with Crippen LogP contribution in [0.3, 0.4) is 0 Å². The highest BCUT2D eigenvalue weighted by Crippen LogP contribution is 2.48. The number of aryl methyl sites for hydroxylation is 1. The predicted octanol–water partition coefficient (Wildman–Crippen LogP) is 5.92. The van der Waals surface area contributed by atoms with Gasteiger partial charge in [0.05, 0.1) is 17.5 Å². The van der Waals surface area contributed by atoms with Gasteiger partial charge in [0.25, 0.3) is 0 Å². The van der Waals surface area contributed by atoms with Crippen LogP contribution in [0.1, 0.15) is 69.3 Å². The number of halogens is 1. The molecule has 3 unspecified atom stereocenters. The minimum Gasteiger partial charge on any atom is -0.492 e. The minimum atomic E-state index is -0.412.